The molecule has 0 atom stereocenters. The quantitative estimate of drug-likeness (QED) is 0.635. The van der Waals surface area contributed by atoms with Gasteiger partial charge in [-0.3, -0.25) is 4.79 Å². The summed E-state index contributed by atoms with van der Waals surface area (Å²) in [4.78, 5) is 13.1. The standard InChI is InChI=1S/C24H32N2O5S/c1-17-9-8-10-18(2)24(17)25-23(27)16-26(19-11-6-5-7-12-19)32(28,29)20-13-14-21(30-3)22(15-20)31-4/h8-10,13-15,19H,5-7,11-12,16H2,1-4H3,(H,25,27). The average Bonchev–Trinajstić information content (AvgIpc) is 2.80. The van der Waals surface area contributed by atoms with Crippen LogP contribution >= 0.6 is 0 Å². The summed E-state index contributed by atoms with van der Waals surface area (Å²) in [5, 5.41) is 2.92. The first-order valence-electron chi connectivity index (χ1n) is 10.9. The lowest BCUT2D eigenvalue weighted by molar-refractivity contribution is -0.116. The number of rotatable bonds is 8. The van der Waals surface area contributed by atoms with Gasteiger partial charge in [0, 0.05) is 17.8 Å². The first-order valence-corrected chi connectivity index (χ1v) is 12.3. The Labute approximate surface area is 190 Å². The fraction of sp³-hybridized carbons (Fsp3) is 0.458. The smallest absolute Gasteiger partial charge is 0.243 e. The van der Waals surface area contributed by atoms with Crippen molar-refractivity contribution in [2.45, 2.75) is 56.9 Å². The number of sulfonamides is 1. The van der Waals surface area contributed by atoms with Crippen LogP contribution in [0.25, 0.3) is 0 Å². The molecule has 0 spiro atoms. The molecule has 0 saturated heterocycles. The highest BCUT2D eigenvalue weighted by Gasteiger charge is 2.34. The number of aryl methyl sites for hydroxylation is 2. The minimum atomic E-state index is -3.93. The zero-order valence-electron chi connectivity index (χ0n) is 19.2. The molecule has 1 N–H and O–H groups in total. The number of ether oxygens (including phenoxy) is 2. The largest absolute Gasteiger partial charge is 0.493 e. The van der Waals surface area contributed by atoms with Crippen LogP contribution in [0, 0.1) is 13.8 Å². The monoisotopic (exact) mass is 460 g/mol. The molecule has 0 radical (unpaired) electrons. The molecule has 0 unspecified atom stereocenters. The minimum absolute atomic E-state index is 0.0839. The Hall–Kier alpha value is -2.58. The molecular weight excluding hydrogens is 428 g/mol. The van der Waals surface area contributed by atoms with Gasteiger partial charge in [-0.1, -0.05) is 37.5 Å². The van der Waals surface area contributed by atoms with Crippen molar-refractivity contribution in [2.75, 3.05) is 26.1 Å². The van der Waals surface area contributed by atoms with Crippen molar-refractivity contribution < 1.29 is 22.7 Å². The summed E-state index contributed by atoms with van der Waals surface area (Å²) >= 11 is 0. The molecule has 1 aliphatic rings. The molecule has 1 fully saturated rings. The van der Waals surface area contributed by atoms with Crippen LogP contribution in [0.1, 0.15) is 43.2 Å². The fourth-order valence-corrected chi connectivity index (χ4v) is 5.88. The third-order valence-corrected chi connectivity index (χ3v) is 7.88. The number of methoxy groups -OCH3 is 2. The lowest BCUT2D eigenvalue weighted by Gasteiger charge is -2.33. The highest BCUT2D eigenvalue weighted by molar-refractivity contribution is 7.89. The maximum atomic E-state index is 13.7. The Morgan fingerprint density at radius 2 is 1.62 bits per heavy atom. The Morgan fingerprint density at radius 1 is 1.00 bits per heavy atom. The zero-order valence-corrected chi connectivity index (χ0v) is 20.0. The zero-order chi connectivity index (χ0) is 23.3. The lowest BCUT2D eigenvalue weighted by atomic mass is 9.95. The van der Waals surface area contributed by atoms with Crippen LogP contribution in [0.3, 0.4) is 0 Å². The molecule has 7 nitrogen and oxygen atoms in total. The topological polar surface area (TPSA) is 84.9 Å². The van der Waals surface area contributed by atoms with Gasteiger partial charge in [-0.15, -0.1) is 0 Å². The molecule has 0 bridgehead atoms. The third kappa shape index (κ3) is 5.24. The number of carbonyl (C=O) groups is 1. The van der Waals surface area contributed by atoms with Crippen LogP contribution < -0.4 is 14.8 Å². The molecule has 0 heterocycles. The second-order valence-electron chi connectivity index (χ2n) is 8.17. The molecule has 174 valence electrons. The van der Waals surface area contributed by atoms with Crippen molar-refractivity contribution in [1.82, 2.24) is 4.31 Å². The maximum absolute atomic E-state index is 13.7. The van der Waals surface area contributed by atoms with E-state index < -0.39 is 10.0 Å². The number of amides is 1. The normalized spacial score (nSPS) is 14.9. The summed E-state index contributed by atoms with van der Waals surface area (Å²) in [7, 11) is -0.967. The number of nitrogens with one attached hydrogen (secondary N) is 1. The Balaban J connectivity index is 1.92. The molecule has 0 aromatic heterocycles. The number of anilines is 1. The Morgan fingerprint density at radius 3 is 2.22 bits per heavy atom. The van der Waals surface area contributed by atoms with Crippen LogP contribution in [-0.4, -0.2) is 45.4 Å². The lowest BCUT2D eigenvalue weighted by Crippen LogP contribution is -2.45. The van der Waals surface area contributed by atoms with Gasteiger partial charge in [0.15, 0.2) is 11.5 Å². The second kappa shape index (κ2) is 10.4. The van der Waals surface area contributed by atoms with E-state index in [1.54, 1.807) is 6.07 Å². The van der Waals surface area contributed by atoms with Crippen molar-refractivity contribution in [3.05, 3.63) is 47.5 Å². The molecule has 1 aliphatic carbocycles. The highest BCUT2D eigenvalue weighted by atomic mass is 32.2. The van der Waals surface area contributed by atoms with Gasteiger partial charge in [-0.25, -0.2) is 8.42 Å². The van der Waals surface area contributed by atoms with E-state index in [4.69, 9.17) is 9.47 Å². The molecule has 3 rings (SSSR count). The van der Waals surface area contributed by atoms with Crippen molar-refractivity contribution >= 4 is 21.6 Å². The van der Waals surface area contributed by atoms with Crippen LogP contribution in [0.15, 0.2) is 41.3 Å². The van der Waals surface area contributed by atoms with E-state index in [0.29, 0.717) is 11.5 Å². The summed E-state index contributed by atoms with van der Waals surface area (Å²) in [6.45, 7) is 3.60. The van der Waals surface area contributed by atoms with Gasteiger partial charge >= 0.3 is 0 Å². The number of hydrogen-bond donors (Lipinski definition) is 1. The highest BCUT2D eigenvalue weighted by Crippen LogP contribution is 2.33. The second-order valence-corrected chi connectivity index (χ2v) is 10.1. The Kier molecular flexibility index (Phi) is 7.79. The number of benzene rings is 2. The summed E-state index contributed by atoms with van der Waals surface area (Å²) in [5.41, 5.74) is 2.60. The Bertz CT molecular complexity index is 1040. The summed E-state index contributed by atoms with van der Waals surface area (Å²) in [6, 6.07) is 10.1. The summed E-state index contributed by atoms with van der Waals surface area (Å²) in [5.74, 6) is 0.428. The SMILES string of the molecule is COc1ccc(S(=O)(=O)N(CC(=O)Nc2c(C)cccc2C)C2CCCCC2)cc1OC. The van der Waals surface area contributed by atoms with E-state index in [1.165, 1.54) is 30.7 Å². The maximum Gasteiger partial charge on any atom is 0.243 e. The van der Waals surface area contributed by atoms with Crippen molar-refractivity contribution in [1.29, 1.82) is 0 Å². The van der Waals surface area contributed by atoms with E-state index in [0.717, 1.165) is 48.9 Å². The number of hydrogen-bond acceptors (Lipinski definition) is 5. The van der Waals surface area contributed by atoms with Crippen molar-refractivity contribution in [2.24, 2.45) is 0 Å². The van der Waals surface area contributed by atoms with E-state index in [2.05, 4.69) is 5.32 Å². The van der Waals surface area contributed by atoms with Gasteiger partial charge in [0.2, 0.25) is 15.9 Å². The van der Waals surface area contributed by atoms with Crippen LogP contribution in [0.2, 0.25) is 0 Å². The number of carbonyl (C=O) groups excluding carboxylic acids is 1. The molecular formula is C24H32N2O5S. The van der Waals surface area contributed by atoms with Crippen LogP contribution in [-0.2, 0) is 14.8 Å². The summed E-state index contributed by atoms with van der Waals surface area (Å²) < 4.78 is 39.2. The van der Waals surface area contributed by atoms with Gasteiger partial charge in [0.25, 0.3) is 0 Å². The first-order chi connectivity index (χ1) is 15.3. The number of para-hydroxylation sites is 1. The van der Waals surface area contributed by atoms with Gasteiger partial charge in [-0.05, 0) is 49.9 Å². The van der Waals surface area contributed by atoms with Crippen molar-refractivity contribution in [3.63, 3.8) is 0 Å². The van der Waals surface area contributed by atoms with E-state index in [9.17, 15) is 13.2 Å². The predicted molar refractivity (Wildman–Crippen MR) is 125 cm³/mol. The molecule has 1 amide bonds. The van der Waals surface area contributed by atoms with E-state index >= 15 is 0 Å². The van der Waals surface area contributed by atoms with E-state index in [-0.39, 0.29) is 23.4 Å². The minimum Gasteiger partial charge on any atom is -0.493 e. The first kappa shape index (κ1) is 24.1. The average molecular weight is 461 g/mol. The molecule has 32 heavy (non-hydrogen) atoms. The summed E-state index contributed by atoms with van der Waals surface area (Å²) in [6.07, 6.45) is 4.45. The van der Waals surface area contributed by atoms with Crippen molar-refractivity contribution in [3.8, 4) is 11.5 Å². The van der Waals surface area contributed by atoms with Crippen LogP contribution in [0.5, 0.6) is 11.5 Å². The van der Waals surface area contributed by atoms with E-state index in [1.807, 2.05) is 32.0 Å². The van der Waals surface area contributed by atoms with Crippen LogP contribution in [0.4, 0.5) is 5.69 Å². The van der Waals surface area contributed by atoms with Gasteiger partial charge in [0.05, 0.1) is 25.7 Å². The van der Waals surface area contributed by atoms with Gasteiger partial charge in [-0.2, -0.15) is 4.31 Å². The predicted octanol–water partition coefficient (Wildman–Crippen LogP) is 4.28. The van der Waals surface area contributed by atoms with Gasteiger partial charge < -0.3 is 14.8 Å². The van der Waals surface area contributed by atoms with Gasteiger partial charge in [0.1, 0.15) is 0 Å². The third-order valence-electron chi connectivity index (χ3n) is 5.99. The molecule has 1 saturated carbocycles. The molecule has 0 aliphatic heterocycles. The fourth-order valence-electron chi connectivity index (χ4n) is 4.22. The molecule has 2 aromatic rings. The molecule has 2 aromatic carbocycles. The number of nitrogens with zero attached hydrogens (tertiary/aromatic N) is 1. The molecule has 8 heteroatoms.